The van der Waals surface area contributed by atoms with Gasteiger partial charge in [-0.15, -0.1) is 0 Å². The number of nitrogens with one attached hydrogen (secondary N) is 1. The topological polar surface area (TPSA) is 75.7 Å². The maximum atomic E-state index is 12.8. The lowest BCUT2D eigenvalue weighted by Gasteiger charge is -2.34. The molecule has 0 bridgehead atoms. The quantitative estimate of drug-likeness (QED) is 0.824. The first-order valence-corrected chi connectivity index (χ1v) is 10.8. The number of carbonyl (C=O) groups is 1. The summed E-state index contributed by atoms with van der Waals surface area (Å²) in [7, 11) is -3.59. The second-order valence-corrected chi connectivity index (χ2v) is 8.74. The Morgan fingerprint density at radius 1 is 1.30 bits per heavy atom. The molecular formula is C19H21ClN2O4S. The summed E-state index contributed by atoms with van der Waals surface area (Å²) in [6, 6.07) is 14.1. The number of amides is 1. The van der Waals surface area contributed by atoms with Crippen molar-refractivity contribution in [1.29, 1.82) is 0 Å². The van der Waals surface area contributed by atoms with Crippen molar-refractivity contribution in [3.05, 3.63) is 59.1 Å². The number of carbonyl (C=O) groups excluding carboxylic acids is 1. The van der Waals surface area contributed by atoms with E-state index < -0.39 is 16.1 Å². The predicted octanol–water partition coefficient (Wildman–Crippen LogP) is 3.13. The minimum atomic E-state index is -3.59. The van der Waals surface area contributed by atoms with E-state index >= 15 is 0 Å². The molecule has 2 aromatic carbocycles. The summed E-state index contributed by atoms with van der Waals surface area (Å²) in [5, 5.41) is 3.35. The Morgan fingerprint density at radius 2 is 2.00 bits per heavy atom. The Labute approximate surface area is 164 Å². The van der Waals surface area contributed by atoms with Gasteiger partial charge in [-0.2, -0.15) is 0 Å². The second-order valence-electron chi connectivity index (χ2n) is 6.39. The molecule has 2 atom stereocenters. The highest BCUT2D eigenvalue weighted by molar-refractivity contribution is 7.92. The van der Waals surface area contributed by atoms with E-state index in [1.54, 1.807) is 12.1 Å². The van der Waals surface area contributed by atoms with Gasteiger partial charge in [-0.3, -0.25) is 9.10 Å². The van der Waals surface area contributed by atoms with E-state index in [9.17, 15) is 13.2 Å². The molecule has 0 aliphatic carbocycles. The zero-order chi connectivity index (χ0) is 19.6. The van der Waals surface area contributed by atoms with E-state index in [2.05, 4.69) is 5.32 Å². The molecule has 2 unspecified atom stereocenters. The zero-order valence-electron chi connectivity index (χ0n) is 15.1. The lowest BCUT2D eigenvalue weighted by Crippen LogP contribution is -2.51. The molecule has 1 amide bonds. The number of hydrogen-bond acceptors (Lipinski definition) is 4. The Balaban J connectivity index is 1.85. The van der Waals surface area contributed by atoms with Crippen molar-refractivity contribution in [3.63, 3.8) is 0 Å². The van der Waals surface area contributed by atoms with Crippen LogP contribution in [0.2, 0.25) is 5.02 Å². The van der Waals surface area contributed by atoms with Crippen LogP contribution in [0.25, 0.3) is 0 Å². The lowest BCUT2D eigenvalue weighted by atomic mass is 10.0. The van der Waals surface area contributed by atoms with Crippen LogP contribution in [0.5, 0.6) is 5.75 Å². The maximum Gasteiger partial charge on any atom is 0.263 e. The van der Waals surface area contributed by atoms with Crippen molar-refractivity contribution in [2.45, 2.75) is 25.5 Å². The summed E-state index contributed by atoms with van der Waals surface area (Å²) in [5.74, 6) is -0.0519. The molecule has 0 saturated carbocycles. The van der Waals surface area contributed by atoms with Crippen LogP contribution >= 0.6 is 11.6 Å². The van der Waals surface area contributed by atoms with Gasteiger partial charge in [-0.05, 0) is 30.2 Å². The second kappa shape index (κ2) is 7.78. The van der Waals surface area contributed by atoms with Gasteiger partial charge in [0, 0.05) is 5.02 Å². The molecule has 2 aromatic rings. The summed E-state index contributed by atoms with van der Waals surface area (Å²) in [6.07, 6.45) is 0.840. The van der Waals surface area contributed by atoms with Crippen molar-refractivity contribution < 1.29 is 17.9 Å². The molecule has 0 aromatic heterocycles. The monoisotopic (exact) mass is 408 g/mol. The summed E-state index contributed by atoms with van der Waals surface area (Å²) >= 11 is 5.99. The third-order valence-electron chi connectivity index (χ3n) is 4.41. The fraction of sp³-hybridized carbons (Fsp3) is 0.316. The van der Waals surface area contributed by atoms with Gasteiger partial charge in [0.25, 0.3) is 5.91 Å². The third-order valence-corrected chi connectivity index (χ3v) is 5.79. The highest BCUT2D eigenvalue weighted by Crippen LogP contribution is 2.37. The molecule has 1 heterocycles. The number of hydrogen-bond donors (Lipinski definition) is 1. The van der Waals surface area contributed by atoms with Crippen molar-refractivity contribution in [1.82, 2.24) is 5.32 Å². The fourth-order valence-corrected chi connectivity index (χ4v) is 4.12. The van der Waals surface area contributed by atoms with Gasteiger partial charge in [-0.1, -0.05) is 48.9 Å². The highest BCUT2D eigenvalue weighted by atomic mass is 35.5. The summed E-state index contributed by atoms with van der Waals surface area (Å²) in [5.41, 5.74) is 1.32. The van der Waals surface area contributed by atoms with Crippen LogP contribution in [-0.2, 0) is 14.8 Å². The van der Waals surface area contributed by atoms with Gasteiger partial charge >= 0.3 is 0 Å². The molecule has 0 spiro atoms. The van der Waals surface area contributed by atoms with Crippen LogP contribution in [-0.4, -0.2) is 33.2 Å². The highest BCUT2D eigenvalue weighted by Gasteiger charge is 2.35. The van der Waals surface area contributed by atoms with E-state index in [4.69, 9.17) is 16.3 Å². The molecule has 8 heteroatoms. The third kappa shape index (κ3) is 4.36. The van der Waals surface area contributed by atoms with Crippen molar-refractivity contribution in [2.24, 2.45) is 0 Å². The smallest absolute Gasteiger partial charge is 0.263 e. The molecule has 27 heavy (non-hydrogen) atoms. The van der Waals surface area contributed by atoms with E-state index in [1.807, 2.05) is 37.3 Å². The fourth-order valence-electron chi connectivity index (χ4n) is 3.05. The molecule has 1 N–H and O–H groups in total. The van der Waals surface area contributed by atoms with Crippen LogP contribution in [0.3, 0.4) is 0 Å². The first-order chi connectivity index (χ1) is 12.8. The summed E-state index contributed by atoms with van der Waals surface area (Å²) in [6.45, 7) is 1.86. The molecule has 0 radical (unpaired) electrons. The van der Waals surface area contributed by atoms with Crippen LogP contribution in [0, 0.1) is 0 Å². The van der Waals surface area contributed by atoms with Gasteiger partial charge in [0.15, 0.2) is 6.10 Å². The van der Waals surface area contributed by atoms with Gasteiger partial charge in [-0.25, -0.2) is 8.42 Å². The van der Waals surface area contributed by atoms with Gasteiger partial charge in [0.05, 0.1) is 24.5 Å². The van der Waals surface area contributed by atoms with Crippen LogP contribution < -0.4 is 14.4 Å². The number of anilines is 1. The molecule has 144 valence electrons. The summed E-state index contributed by atoms with van der Waals surface area (Å²) in [4.78, 5) is 12.8. The Morgan fingerprint density at radius 3 is 2.63 bits per heavy atom. The molecule has 0 fully saturated rings. The van der Waals surface area contributed by atoms with Gasteiger partial charge in [0.1, 0.15) is 5.75 Å². The zero-order valence-corrected chi connectivity index (χ0v) is 16.6. The van der Waals surface area contributed by atoms with E-state index in [1.165, 1.54) is 6.07 Å². The summed E-state index contributed by atoms with van der Waals surface area (Å²) < 4.78 is 31.4. The standard InChI is InChI=1S/C19H21ClN2O4S/c1-3-15(13-7-5-4-6-8-13)21-19(23)18-12-22(27(2,24)25)16-11-14(20)9-10-17(16)26-18/h4-11,15,18H,3,12H2,1-2H3,(H,21,23). The number of halogens is 1. The normalized spacial score (nSPS) is 17.6. The number of fused-ring (bicyclic) bond motifs is 1. The molecule has 6 nitrogen and oxygen atoms in total. The average molecular weight is 409 g/mol. The van der Waals surface area contributed by atoms with E-state index in [0.717, 1.165) is 16.1 Å². The first-order valence-electron chi connectivity index (χ1n) is 8.59. The number of nitrogens with zero attached hydrogens (tertiary/aromatic N) is 1. The van der Waals surface area contributed by atoms with Crippen molar-refractivity contribution in [2.75, 3.05) is 17.1 Å². The largest absolute Gasteiger partial charge is 0.476 e. The molecule has 3 rings (SSSR count). The van der Waals surface area contributed by atoms with Crippen LogP contribution in [0.15, 0.2) is 48.5 Å². The molecule has 1 aliphatic rings. The van der Waals surface area contributed by atoms with Crippen LogP contribution in [0.4, 0.5) is 5.69 Å². The number of rotatable bonds is 5. The SMILES string of the molecule is CCC(NC(=O)C1CN(S(C)(=O)=O)c2cc(Cl)ccc2O1)c1ccccc1. The maximum absolute atomic E-state index is 12.8. The Kier molecular flexibility index (Phi) is 5.62. The number of sulfonamides is 1. The molecular weight excluding hydrogens is 388 g/mol. The Hall–Kier alpha value is -2.25. The van der Waals surface area contributed by atoms with Crippen molar-refractivity contribution >= 4 is 33.2 Å². The number of benzene rings is 2. The average Bonchev–Trinajstić information content (AvgIpc) is 2.64. The van der Waals surface area contributed by atoms with Gasteiger partial charge in [0.2, 0.25) is 10.0 Å². The van der Waals surface area contributed by atoms with Crippen LogP contribution in [0.1, 0.15) is 24.9 Å². The minimum absolute atomic E-state index is 0.108. The Bertz CT molecular complexity index is 934. The first kappa shape index (κ1) is 19.5. The van der Waals surface area contributed by atoms with E-state index in [0.29, 0.717) is 22.9 Å². The molecule has 0 saturated heterocycles. The predicted molar refractivity (Wildman–Crippen MR) is 106 cm³/mol. The van der Waals surface area contributed by atoms with Crippen molar-refractivity contribution in [3.8, 4) is 5.75 Å². The molecule has 1 aliphatic heterocycles. The van der Waals surface area contributed by atoms with Gasteiger partial charge < -0.3 is 10.1 Å². The van der Waals surface area contributed by atoms with E-state index in [-0.39, 0.29) is 18.5 Å². The number of ether oxygens (including phenoxy) is 1. The lowest BCUT2D eigenvalue weighted by molar-refractivity contribution is -0.128. The minimum Gasteiger partial charge on any atom is -0.476 e.